The molecule has 1 amide bonds. The molecule has 6 heteroatoms. The van der Waals surface area contributed by atoms with Crippen molar-refractivity contribution in [1.29, 1.82) is 0 Å². The van der Waals surface area contributed by atoms with Crippen LogP contribution in [0.15, 0.2) is 24.3 Å². The van der Waals surface area contributed by atoms with Crippen molar-refractivity contribution in [1.82, 2.24) is 9.80 Å². The second-order valence-electron chi connectivity index (χ2n) is 5.93. The zero-order valence-corrected chi connectivity index (χ0v) is 15.6. The molecular weight excluding hydrogens is 322 g/mol. The number of ether oxygens (including phenoxy) is 1. The van der Waals surface area contributed by atoms with E-state index in [4.69, 9.17) is 17.0 Å². The van der Waals surface area contributed by atoms with Gasteiger partial charge in [0, 0.05) is 26.2 Å². The molecule has 5 nitrogen and oxygen atoms in total. The Kier molecular flexibility index (Phi) is 6.85. The van der Waals surface area contributed by atoms with Gasteiger partial charge in [-0.05, 0) is 51.0 Å². The molecule has 1 fully saturated rings. The van der Waals surface area contributed by atoms with Gasteiger partial charge >= 0.3 is 0 Å². The molecule has 1 aromatic rings. The maximum atomic E-state index is 12.6. The van der Waals surface area contributed by atoms with E-state index in [-0.39, 0.29) is 11.8 Å². The van der Waals surface area contributed by atoms with Crippen LogP contribution in [0.4, 0.5) is 5.69 Å². The summed E-state index contributed by atoms with van der Waals surface area (Å²) < 4.78 is 5.35. The lowest BCUT2D eigenvalue weighted by atomic mass is 9.96. The Hall–Kier alpha value is -1.82. The van der Waals surface area contributed by atoms with E-state index in [9.17, 15) is 4.79 Å². The fourth-order valence-electron chi connectivity index (χ4n) is 3.10. The standard InChI is InChI=1S/C18H27N3O2S/c1-4-20(5-2)17(22)14-9-8-12-21(13-14)18(24)19-15-10-6-7-11-16(15)23-3/h6-7,10-11,14H,4-5,8-9,12-13H2,1-3H3,(H,19,24). The summed E-state index contributed by atoms with van der Waals surface area (Å²) in [7, 11) is 1.64. The number of anilines is 1. The Bertz CT molecular complexity index is 575. The van der Waals surface area contributed by atoms with E-state index in [1.165, 1.54) is 0 Å². The Balaban J connectivity index is 2.01. The van der Waals surface area contributed by atoms with Crippen LogP contribution in [0.3, 0.4) is 0 Å². The van der Waals surface area contributed by atoms with Gasteiger partial charge < -0.3 is 19.9 Å². The summed E-state index contributed by atoms with van der Waals surface area (Å²) in [6.45, 7) is 7.12. The van der Waals surface area contributed by atoms with Crippen LogP contribution in [0, 0.1) is 5.92 Å². The number of carbonyl (C=O) groups excluding carboxylic acids is 1. The number of nitrogens with one attached hydrogen (secondary N) is 1. The zero-order chi connectivity index (χ0) is 17.5. The number of hydrogen-bond donors (Lipinski definition) is 1. The number of thiocarbonyl (C=S) groups is 1. The zero-order valence-electron chi connectivity index (χ0n) is 14.7. The van der Waals surface area contributed by atoms with Crippen molar-refractivity contribution in [3.63, 3.8) is 0 Å². The highest BCUT2D eigenvalue weighted by Gasteiger charge is 2.29. The number of piperidine rings is 1. The third-order valence-corrected chi connectivity index (χ3v) is 4.84. The van der Waals surface area contributed by atoms with Crippen LogP contribution in [0.2, 0.25) is 0 Å². The molecular formula is C18H27N3O2S. The number of benzene rings is 1. The second-order valence-corrected chi connectivity index (χ2v) is 6.31. The summed E-state index contributed by atoms with van der Waals surface area (Å²) in [5.41, 5.74) is 0.849. The predicted molar refractivity (Wildman–Crippen MR) is 101 cm³/mol. The minimum atomic E-state index is 0.0241. The van der Waals surface area contributed by atoms with Crippen LogP contribution in [0.1, 0.15) is 26.7 Å². The molecule has 1 aliphatic heterocycles. The summed E-state index contributed by atoms with van der Waals surface area (Å²) >= 11 is 5.56. The molecule has 132 valence electrons. The Morgan fingerprint density at radius 2 is 2.08 bits per heavy atom. The van der Waals surface area contributed by atoms with Crippen molar-refractivity contribution < 1.29 is 9.53 Å². The van der Waals surface area contributed by atoms with Crippen LogP contribution in [0.25, 0.3) is 0 Å². The minimum absolute atomic E-state index is 0.0241. The van der Waals surface area contributed by atoms with E-state index >= 15 is 0 Å². The maximum Gasteiger partial charge on any atom is 0.227 e. The highest BCUT2D eigenvalue weighted by molar-refractivity contribution is 7.80. The average molecular weight is 350 g/mol. The molecule has 1 unspecified atom stereocenters. The first-order valence-electron chi connectivity index (χ1n) is 8.58. The smallest absolute Gasteiger partial charge is 0.227 e. The van der Waals surface area contributed by atoms with E-state index in [1.807, 2.05) is 43.0 Å². The number of para-hydroxylation sites is 2. The van der Waals surface area contributed by atoms with Crippen LogP contribution in [0.5, 0.6) is 5.75 Å². The lowest BCUT2D eigenvalue weighted by Gasteiger charge is -2.36. The molecule has 0 radical (unpaired) electrons. The number of likely N-dealkylation sites (tertiary alicyclic amines) is 1. The molecule has 0 spiro atoms. The van der Waals surface area contributed by atoms with Gasteiger partial charge in [0.25, 0.3) is 0 Å². The van der Waals surface area contributed by atoms with Crippen molar-refractivity contribution in [2.45, 2.75) is 26.7 Å². The van der Waals surface area contributed by atoms with Crippen molar-refractivity contribution in [2.75, 3.05) is 38.6 Å². The highest BCUT2D eigenvalue weighted by Crippen LogP contribution is 2.25. The molecule has 0 aliphatic carbocycles. The van der Waals surface area contributed by atoms with Crippen LogP contribution >= 0.6 is 12.2 Å². The van der Waals surface area contributed by atoms with Crippen LogP contribution in [-0.4, -0.2) is 54.1 Å². The Labute approximate surface area is 150 Å². The van der Waals surface area contributed by atoms with Gasteiger partial charge in [-0.25, -0.2) is 0 Å². The minimum Gasteiger partial charge on any atom is -0.495 e. The van der Waals surface area contributed by atoms with E-state index in [0.717, 1.165) is 43.9 Å². The van der Waals surface area contributed by atoms with Gasteiger partial charge in [-0.2, -0.15) is 0 Å². The number of hydrogen-bond acceptors (Lipinski definition) is 3. The number of methoxy groups -OCH3 is 1. The topological polar surface area (TPSA) is 44.8 Å². The summed E-state index contributed by atoms with van der Waals surface area (Å²) in [6.07, 6.45) is 1.91. The van der Waals surface area contributed by atoms with Gasteiger partial charge in [0.1, 0.15) is 5.75 Å². The van der Waals surface area contributed by atoms with Crippen LogP contribution in [-0.2, 0) is 4.79 Å². The van der Waals surface area contributed by atoms with Gasteiger partial charge in [0.2, 0.25) is 5.91 Å². The molecule has 1 N–H and O–H groups in total. The summed E-state index contributed by atoms with van der Waals surface area (Å²) in [4.78, 5) is 16.6. The van der Waals surface area contributed by atoms with Gasteiger partial charge in [-0.3, -0.25) is 4.79 Å². The van der Waals surface area contributed by atoms with Gasteiger partial charge in [0.05, 0.1) is 18.7 Å². The molecule has 0 saturated carbocycles. The molecule has 2 rings (SSSR count). The number of carbonyl (C=O) groups is 1. The summed E-state index contributed by atoms with van der Waals surface area (Å²) in [5, 5.41) is 3.90. The summed E-state index contributed by atoms with van der Waals surface area (Å²) in [6, 6.07) is 7.70. The average Bonchev–Trinajstić information content (AvgIpc) is 2.63. The number of nitrogens with zero attached hydrogens (tertiary/aromatic N) is 2. The van der Waals surface area contributed by atoms with Crippen molar-refractivity contribution in [3.05, 3.63) is 24.3 Å². The third kappa shape index (κ3) is 4.38. The fraction of sp³-hybridized carbons (Fsp3) is 0.556. The van der Waals surface area contributed by atoms with Crippen molar-refractivity contribution in [3.8, 4) is 5.75 Å². The molecule has 1 atom stereocenters. The Morgan fingerprint density at radius 1 is 1.38 bits per heavy atom. The van der Waals surface area contributed by atoms with E-state index in [1.54, 1.807) is 7.11 Å². The normalized spacial score (nSPS) is 17.3. The first-order chi connectivity index (χ1) is 11.6. The lowest BCUT2D eigenvalue weighted by molar-refractivity contribution is -0.136. The summed E-state index contributed by atoms with van der Waals surface area (Å²) in [5.74, 6) is 1.02. The number of amides is 1. The van der Waals surface area contributed by atoms with Gasteiger partial charge in [0.15, 0.2) is 5.11 Å². The third-order valence-electron chi connectivity index (χ3n) is 4.48. The molecule has 1 saturated heterocycles. The van der Waals surface area contributed by atoms with Gasteiger partial charge in [-0.1, -0.05) is 12.1 Å². The number of rotatable bonds is 5. The molecule has 0 aromatic heterocycles. The first kappa shape index (κ1) is 18.5. The van der Waals surface area contributed by atoms with Gasteiger partial charge in [-0.15, -0.1) is 0 Å². The predicted octanol–water partition coefficient (Wildman–Crippen LogP) is 2.97. The Morgan fingerprint density at radius 3 is 2.75 bits per heavy atom. The molecule has 24 heavy (non-hydrogen) atoms. The van der Waals surface area contributed by atoms with Crippen molar-refractivity contribution >= 4 is 28.9 Å². The SMILES string of the molecule is CCN(CC)C(=O)C1CCCN(C(=S)Nc2ccccc2OC)C1. The monoisotopic (exact) mass is 349 g/mol. The van der Waals surface area contributed by atoms with E-state index in [0.29, 0.717) is 11.7 Å². The first-order valence-corrected chi connectivity index (χ1v) is 8.99. The largest absolute Gasteiger partial charge is 0.495 e. The van der Waals surface area contributed by atoms with E-state index in [2.05, 4.69) is 10.2 Å². The highest BCUT2D eigenvalue weighted by atomic mass is 32.1. The molecule has 1 heterocycles. The fourth-order valence-corrected chi connectivity index (χ4v) is 3.37. The second kappa shape index (κ2) is 8.87. The maximum absolute atomic E-state index is 12.6. The van der Waals surface area contributed by atoms with Crippen LogP contribution < -0.4 is 10.1 Å². The quantitative estimate of drug-likeness (QED) is 0.828. The van der Waals surface area contributed by atoms with Crippen molar-refractivity contribution in [2.24, 2.45) is 5.92 Å². The lowest BCUT2D eigenvalue weighted by Crippen LogP contribution is -2.47. The van der Waals surface area contributed by atoms with E-state index < -0.39 is 0 Å². The molecule has 0 bridgehead atoms. The molecule has 1 aromatic carbocycles. The molecule has 1 aliphatic rings.